The summed E-state index contributed by atoms with van der Waals surface area (Å²) in [7, 11) is 0. The Hall–Kier alpha value is -3.72. The fourth-order valence-corrected chi connectivity index (χ4v) is 4.20. The van der Waals surface area contributed by atoms with Crippen LogP contribution < -0.4 is 0 Å². The van der Waals surface area contributed by atoms with Crippen molar-refractivity contribution in [3.05, 3.63) is 81.9 Å². The first-order chi connectivity index (χ1) is 16.8. The van der Waals surface area contributed by atoms with Gasteiger partial charge in [0.25, 0.3) is 11.8 Å². The van der Waals surface area contributed by atoms with E-state index in [0.717, 1.165) is 6.07 Å². The van der Waals surface area contributed by atoms with Gasteiger partial charge in [-0.15, -0.1) is 0 Å². The van der Waals surface area contributed by atoms with Gasteiger partial charge in [0.2, 0.25) is 0 Å². The molecule has 2 heterocycles. The van der Waals surface area contributed by atoms with Crippen molar-refractivity contribution in [3.63, 3.8) is 0 Å². The van der Waals surface area contributed by atoms with Crippen LogP contribution in [0.2, 0.25) is 5.02 Å². The van der Waals surface area contributed by atoms with E-state index in [4.69, 9.17) is 16.3 Å². The van der Waals surface area contributed by atoms with E-state index in [2.05, 4.69) is 5.10 Å². The van der Waals surface area contributed by atoms with Crippen LogP contribution in [0.25, 0.3) is 5.69 Å². The van der Waals surface area contributed by atoms with Crippen LogP contribution in [0.1, 0.15) is 43.7 Å². The molecule has 0 spiro atoms. The highest BCUT2D eigenvalue weighted by Crippen LogP contribution is 2.21. The first-order valence-corrected chi connectivity index (χ1v) is 11.5. The molecule has 0 bridgehead atoms. The maximum absolute atomic E-state index is 13.3. The van der Waals surface area contributed by atoms with Gasteiger partial charge in [-0.3, -0.25) is 9.59 Å². The van der Waals surface area contributed by atoms with Crippen LogP contribution in [0, 0.1) is 12.7 Å². The van der Waals surface area contributed by atoms with Crippen molar-refractivity contribution >= 4 is 29.4 Å². The zero-order valence-corrected chi connectivity index (χ0v) is 20.1. The molecule has 0 aliphatic carbocycles. The molecule has 0 unspecified atom stereocenters. The monoisotopic (exact) mass is 498 g/mol. The van der Waals surface area contributed by atoms with Gasteiger partial charge in [-0.25, -0.2) is 13.9 Å². The van der Waals surface area contributed by atoms with E-state index in [1.54, 1.807) is 52.6 Å². The van der Waals surface area contributed by atoms with E-state index in [-0.39, 0.29) is 29.0 Å². The van der Waals surface area contributed by atoms with E-state index < -0.39 is 11.8 Å². The molecule has 4 rings (SSSR count). The molecule has 10 heteroatoms. The van der Waals surface area contributed by atoms with Crippen LogP contribution >= 0.6 is 11.6 Å². The highest BCUT2D eigenvalue weighted by Gasteiger charge is 2.27. The minimum atomic E-state index is -0.504. The number of halogens is 2. The van der Waals surface area contributed by atoms with Gasteiger partial charge < -0.3 is 14.5 Å². The van der Waals surface area contributed by atoms with Gasteiger partial charge in [0.15, 0.2) is 0 Å². The normalized spacial score (nSPS) is 13.6. The standard InChI is InChI=1S/C25H24ClFN4O4/c1-3-35-25(34)21-15-28-31(16(21)2)19-7-4-17(5-8-19)23(32)29-10-12-30(13-11-29)24(33)20-9-6-18(27)14-22(20)26/h4-9,14-15H,3,10-13H2,1-2H3. The minimum Gasteiger partial charge on any atom is -0.462 e. The van der Waals surface area contributed by atoms with Gasteiger partial charge >= 0.3 is 5.97 Å². The number of hydrogen-bond acceptors (Lipinski definition) is 5. The van der Waals surface area contributed by atoms with E-state index in [9.17, 15) is 18.8 Å². The first kappa shape index (κ1) is 24.4. The third kappa shape index (κ3) is 5.05. The predicted octanol–water partition coefficient (Wildman–Crippen LogP) is 3.75. The van der Waals surface area contributed by atoms with Crippen LogP contribution in [-0.4, -0.2) is 70.1 Å². The van der Waals surface area contributed by atoms with Crippen molar-refractivity contribution in [2.24, 2.45) is 0 Å². The summed E-state index contributed by atoms with van der Waals surface area (Å²) >= 11 is 6.02. The second-order valence-corrected chi connectivity index (χ2v) is 8.44. The van der Waals surface area contributed by atoms with Crippen molar-refractivity contribution in [3.8, 4) is 5.69 Å². The maximum Gasteiger partial charge on any atom is 0.341 e. The first-order valence-electron chi connectivity index (χ1n) is 11.2. The van der Waals surface area contributed by atoms with E-state index in [1.165, 1.54) is 18.3 Å². The molecular formula is C25H24ClFN4O4. The predicted molar refractivity (Wildman–Crippen MR) is 127 cm³/mol. The Morgan fingerprint density at radius 1 is 0.971 bits per heavy atom. The lowest BCUT2D eigenvalue weighted by atomic mass is 10.1. The Morgan fingerprint density at radius 3 is 2.20 bits per heavy atom. The van der Waals surface area contributed by atoms with Gasteiger partial charge in [0.05, 0.1) is 34.8 Å². The molecule has 0 N–H and O–H groups in total. The summed E-state index contributed by atoms with van der Waals surface area (Å²) in [5.74, 6) is -1.37. The van der Waals surface area contributed by atoms with Gasteiger partial charge in [-0.2, -0.15) is 5.10 Å². The number of ether oxygens (including phenoxy) is 1. The minimum absolute atomic E-state index is 0.0652. The molecule has 1 fully saturated rings. The van der Waals surface area contributed by atoms with Gasteiger partial charge in [0, 0.05) is 31.7 Å². The zero-order chi connectivity index (χ0) is 25.1. The number of hydrogen-bond donors (Lipinski definition) is 0. The smallest absolute Gasteiger partial charge is 0.341 e. The quantitative estimate of drug-likeness (QED) is 0.500. The summed E-state index contributed by atoms with van der Waals surface area (Å²) in [6.07, 6.45) is 1.46. The van der Waals surface area contributed by atoms with Crippen molar-refractivity contribution in [1.29, 1.82) is 0 Å². The molecule has 0 radical (unpaired) electrons. The van der Waals surface area contributed by atoms with Crippen molar-refractivity contribution in [2.45, 2.75) is 13.8 Å². The number of aromatic nitrogens is 2. The number of piperazine rings is 1. The third-order valence-corrected chi connectivity index (χ3v) is 6.19. The Bertz CT molecular complexity index is 1270. The van der Waals surface area contributed by atoms with Gasteiger partial charge in [-0.05, 0) is 56.3 Å². The van der Waals surface area contributed by atoms with Gasteiger partial charge in [-0.1, -0.05) is 11.6 Å². The average Bonchev–Trinajstić information content (AvgIpc) is 3.25. The Balaban J connectivity index is 1.40. The van der Waals surface area contributed by atoms with Gasteiger partial charge in [0.1, 0.15) is 11.4 Å². The lowest BCUT2D eigenvalue weighted by Gasteiger charge is -2.35. The summed E-state index contributed by atoms with van der Waals surface area (Å²) < 4.78 is 19.9. The van der Waals surface area contributed by atoms with Crippen LogP contribution in [0.4, 0.5) is 4.39 Å². The number of nitrogens with zero attached hydrogens (tertiary/aromatic N) is 4. The summed E-state index contributed by atoms with van der Waals surface area (Å²) in [4.78, 5) is 41.1. The van der Waals surface area contributed by atoms with Crippen molar-refractivity contribution in [1.82, 2.24) is 19.6 Å². The maximum atomic E-state index is 13.3. The number of esters is 1. The molecule has 35 heavy (non-hydrogen) atoms. The lowest BCUT2D eigenvalue weighted by molar-refractivity contribution is 0.0525. The number of rotatable bonds is 5. The topological polar surface area (TPSA) is 84.7 Å². The molecule has 0 atom stereocenters. The summed E-state index contributed by atoms with van der Waals surface area (Å²) in [5, 5.41) is 4.33. The highest BCUT2D eigenvalue weighted by molar-refractivity contribution is 6.33. The number of benzene rings is 2. The molecule has 0 saturated carbocycles. The van der Waals surface area contributed by atoms with E-state index in [1.807, 2.05) is 0 Å². The molecular weight excluding hydrogens is 475 g/mol. The molecule has 1 aliphatic heterocycles. The fourth-order valence-electron chi connectivity index (χ4n) is 3.95. The van der Waals surface area contributed by atoms with Crippen LogP contribution in [-0.2, 0) is 4.74 Å². The Kier molecular flexibility index (Phi) is 7.16. The molecule has 2 aromatic carbocycles. The molecule has 182 valence electrons. The van der Waals surface area contributed by atoms with Crippen LogP contribution in [0.5, 0.6) is 0 Å². The van der Waals surface area contributed by atoms with Crippen LogP contribution in [0.15, 0.2) is 48.7 Å². The average molecular weight is 499 g/mol. The summed E-state index contributed by atoms with van der Waals surface area (Å²) in [6, 6.07) is 10.6. The highest BCUT2D eigenvalue weighted by atomic mass is 35.5. The van der Waals surface area contributed by atoms with E-state index >= 15 is 0 Å². The molecule has 1 aromatic heterocycles. The molecule has 8 nitrogen and oxygen atoms in total. The molecule has 1 saturated heterocycles. The van der Waals surface area contributed by atoms with E-state index in [0.29, 0.717) is 48.7 Å². The molecule has 3 aromatic rings. The SMILES string of the molecule is CCOC(=O)c1cnn(-c2ccc(C(=O)N3CCN(C(=O)c4ccc(F)cc4Cl)CC3)cc2)c1C. The largest absolute Gasteiger partial charge is 0.462 e. The summed E-state index contributed by atoms with van der Waals surface area (Å²) in [5.41, 5.74) is 2.49. The number of carbonyl (C=O) groups excluding carboxylic acids is 3. The third-order valence-electron chi connectivity index (χ3n) is 5.88. The van der Waals surface area contributed by atoms with Crippen molar-refractivity contribution < 1.29 is 23.5 Å². The zero-order valence-electron chi connectivity index (χ0n) is 19.3. The van der Waals surface area contributed by atoms with Crippen LogP contribution in [0.3, 0.4) is 0 Å². The lowest BCUT2D eigenvalue weighted by Crippen LogP contribution is -2.50. The second-order valence-electron chi connectivity index (χ2n) is 8.03. The number of carbonyl (C=O) groups is 3. The fraction of sp³-hybridized carbons (Fsp3) is 0.280. The molecule has 2 amide bonds. The second kappa shape index (κ2) is 10.3. The Morgan fingerprint density at radius 2 is 1.60 bits per heavy atom. The Labute approximate surface area is 206 Å². The summed E-state index contributed by atoms with van der Waals surface area (Å²) in [6.45, 7) is 5.23. The number of amides is 2. The molecule has 1 aliphatic rings. The van der Waals surface area contributed by atoms with Crippen molar-refractivity contribution in [2.75, 3.05) is 32.8 Å².